The van der Waals surface area contributed by atoms with Crippen LogP contribution in [0.5, 0.6) is 5.75 Å². The molecular weight excluding hydrogens is 526 g/mol. The number of hydrogen-bond donors (Lipinski definition) is 1. The van der Waals surface area contributed by atoms with Gasteiger partial charge in [0.05, 0.1) is 17.7 Å². The highest BCUT2D eigenvalue weighted by Crippen LogP contribution is 2.27. The van der Waals surface area contributed by atoms with E-state index in [9.17, 15) is 18.0 Å². The Bertz CT molecular complexity index is 1330. The van der Waals surface area contributed by atoms with Crippen molar-refractivity contribution in [1.29, 1.82) is 0 Å². The molecule has 8 nitrogen and oxygen atoms in total. The molecule has 0 bridgehead atoms. The molecule has 0 heterocycles. The van der Waals surface area contributed by atoms with Crippen LogP contribution in [0.3, 0.4) is 0 Å². The summed E-state index contributed by atoms with van der Waals surface area (Å²) >= 11 is 6.18. The molecule has 1 unspecified atom stereocenters. The number of carbonyl (C=O) groups excluding carboxylic acids is 2. The molecule has 0 saturated carbocycles. The molecule has 10 heteroatoms. The Labute approximate surface area is 229 Å². The van der Waals surface area contributed by atoms with Crippen LogP contribution < -0.4 is 14.4 Å². The predicted octanol–water partition coefficient (Wildman–Crippen LogP) is 4.14. The first kappa shape index (κ1) is 29.0. The zero-order chi connectivity index (χ0) is 27.7. The monoisotopic (exact) mass is 557 g/mol. The topological polar surface area (TPSA) is 96.0 Å². The number of hydrogen-bond acceptors (Lipinski definition) is 5. The standard InChI is InChI=1S/C28H32ClN3O5S/c1-4-30-28(34)21(2)31(18-17-22-9-6-5-7-10-22)27(33)20-32(24-12-8-11-23(29)19-24)38(35,36)26-15-13-25(37-3)14-16-26/h5-16,19,21H,4,17-18,20H2,1-3H3,(H,30,34). The van der Waals surface area contributed by atoms with Crippen molar-refractivity contribution >= 4 is 39.1 Å². The minimum absolute atomic E-state index is 0.0151. The van der Waals surface area contributed by atoms with Gasteiger partial charge in [0.2, 0.25) is 11.8 Å². The number of nitrogens with one attached hydrogen (secondary N) is 1. The third-order valence-electron chi connectivity index (χ3n) is 6.02. The van der Waals surface area contributed by atoms with Crippen LogP contribution in [0.1, 0.15) is 19.4 Å². The molecule has 38 heavy (non-hydrogen) atoms. The Morgan fingerprint density at radius 1 is 1.00 bits per heavy atom. The summed E-state index contributed by atoms with van der Waals surface area (Å²) in [6.45, 7) is 3.55. The Morgan fingerprint density at radius 2 is 1.68 bits per heavy atom. The summed E-state index contributed by atoms with van der Waals surface area (Å²) in [6, 6.07) is 21.0. The summed E-state index contributed by atoms with van der Waals surface area (Å²) < 4.78 is 33.7. The number of sulfonamides is 1. The molecule has 0 radical (unpaired) electrons. The normalized spacial score (nSPS) is 11.9. The van der Waals surface area contributed by atoms with Crippen molar-refractivity contribution in [3.8, 4) is 5.75 Å². The number of methoxy groups -OCH3 is 1. The highest BCUT2D eigenvalue weighted by atomic mass is 35.5. The lowest BCUT2D eigenvalue weighted by atomic mass is 10.1. The molecule has 0 aliphatic heterocycles. The number of ether oxygens (including phenoxy) is 1. The number of amides is 2. The SMILES string of the molecule is CCNC(=O)C(C)N(CCc1ccccc1)C(=O)CN(c1cccc(Cl)c1)S(=O)(=O)c1ccc(OC)cc1. The van der Waals surface area contributed by atoms with Gasteiger partial charge in [0, 0.05) is 18.1 Å². The summed E-state index contributed by atoms with van der Waals surface area (Å²) in [5.74, 6) is -0.338. The third kappa shape index (κ3) is 7.26. The Kier molecular flexibility index (Phi) is 10.2. The van der Waals surface area contributed by atoms with Crippen LogP contribution in [0, 0.1) is 0 Å². The lowest BCUT2D eigenvalue weighted by molar-refractivity contribution is -0.138. The number of nitrogens with zero attached hydrogens (tertiary/aromatic N) is 2. The van der Waals surface area contributed by atoms with E-state index < -0.39 is 28.5 Å². The number of anilines is 1. The van der Waals surface area contributed by atoms with Gasteiger partial charge in [0.15, 0.2) is 0 Å². The Morgan fingerprint density at radius 3 is 2.29 bits per heavy atom. The van der Waals surface area contributed by atoms with Crippen LogP contribution in [-0.2, 0) is 26.0 Å². The predicted molar refractivity (Wildman–Crippen MR) is 149 cm³/mol. The van der Waals surface area contributed by atoms with Crippen molar-refractivity contribution in [2.75, 3.05) is 31.0 Å². The lowest BCUT2D eigenvalue weighted by Gasteiger charge is -2.32. The summed E-state index contributed by atoms with van der Waals surface area (Å²) in [5.41, 5.74) is 1.22. The van der Waals surface area contributed by atoms with Crippen LogP contribution in [-0.4, -0.2) is 57.9 Å². The number of carbonyl (C=O) groups is 2. The summed E-state index contributed by atoms with van der Waals surface area (Å²) in [7, 11) is -2.69. The van der Waals surface area contributed by atoms with Gasteiger partial charge in [-0.05, 0) is 68.3 Å². The minimum atomic E-state index is -4.18. The fourth-order valence-corrected chi connectivity index (χ4v) is 5.52. The molecule has 2 amide bonds. The molecule has 1 atom stereocenters. The largest absolute Gasteiger partial charge is 0.497 e. The first-order chi connectivity index (χ1) is 18.2. The molecular formula is C28H32ClN3O5S. The minimum Gasteiger partial charge on any atom is -0.497 e. The van der Waals surface area contributed by atoms with Crippen LogP contribution in [0.25, 0.3) is 0 Å². The van der Waals surface area contributed by atoms with E-state index in [1.807, 2.05) is 30.3 Å². The molecule has 3 aromatic rings. The fourth-order valence-electron chi connectivity index (χ4n) is 3.93. The second-order valence-electron chi connectivity index (χ2n) is 8.56. The van der Waals surface area contributed by atoms with Gasteiger partial charge in [-0.2, -0.15) is 0 Å². The molecule has 3 aromatic carbocycles. The van der Waals surface area contributed by atoms with E-state index >= 15 is 0 Å². The fraction of sp³-hybridized carbons (Fsp3) is 0.286. The smallest absolute Gasteiger partial charge is 0.264 e. The second kappa shape index (κ2) is 13.3. The maximum absolute atomic E-state index is 13.8. The van der Waals surface area contributed by atoms with Crippen LogP contribution >= 0.6 is 11.6 Å². The third-order valence-corrected chi connectivity index (χ3v) is 8.05. The molecule has 0 spiro atoms. The van der Waals surface area contributed by atoms with E-state index in [0.717, 1.165) is 9.87 Å². The van der Waals surface area contributed by atoms with E-state index in [1.165, 1.54) is 42.3 Å². The van der Waals surface area contributed by atoms with Crippen molar-refractivity contribution in [2.24, 2.45) is 0 Å². The second-order valence-corrected chi connectivity index (χ2v) is 10.9. The quantitative estimate of drug-likeness (QED) is 0.361. The zero-order valence-electron chi connectivity index (χ0n) is 21.6. The molecule has 0 aliphatic carbocycles. The highest BCUT2D eigenvalue weighted by molar-refractivity contribution is 7.92. The van der Waals surface area contributed by atoms with Gasteiger partial charge in [-0.1, -0.05) is 48.0 Å². The van der Waals surface area contributed by atoms with Gasteiger partial charge in [-0.3, -0.25) is 13.9 Å². The summed E-state index contributed by atoms with van der Waals surface area (Å²) in [5, 5.41) is 3.07. The molecule has 0 fully saturated rings. The highest BCUT2D eigenvalue weighted by Gasteiger charge is 2.32. The van der Waals surface area contributed by atoms with Crippen LogP contribution in [0.2, 0.25) is 5.02 Å². The Balaban J connectivity index is 1.97. The van der Waals surface area contributed by atoms with Crippen molar-refractivity contribution < 1.29 is 22.7 Å². The van der Waals surface area contributed by atoms with Crippen LogP contribution in [0.4, 0.5) is 5.69 Å². The van der Waals surface area contributed by atoms with Gasteiger partial charge in [-0.15, -0.1) is 0 Å². The van der Waals surface area contributed by atoms with Crippen molar-refractivity contribution in [2.45, 2.75) is 31.2 Å². The lowest BCUT2D eigenvalue weighted by Crippen LogP contribution is -2.52. The zero-order valence-corrected chi connectivity index (χ0v) is 23.2. The van der Waals surface area contributed by atoms with Gasteiger partial charge in [-0.25, -0.2) is 8.42 Å². The average molecular weight is 558 g/mol. The Hall–Kier alpha value is -3.56. The molecule has 0 saturated heterocycles. The van der Waals surface area contributed by atoms with Gasteiger partial charge in [0.1, 0.15) is 18.3 Å². The molecule has 0 aliphatic rings. The van der Waals surface area contributed by atoms with Gasteiger partial charge in [0.25, 0.3) is 10.0 Å². The number of halogens is 1. The van der Waals surface area contributed by atoms with Gasteiger partial charge >= 0.3 is 0 Å². The number of benzene rings is 3. The first-order valence-electron chi connectivity index (χ1n) is 12.2. The van der Waals surface area contributed by atoms with Crippen molar-refractivity contribution in [1.82, 2.24) is 10.2 Å². The molecule has 202 valence electrons. The number of rotatable bonds is 12. The maximum atomic E-state index is 13.8. The van der Waals surface area contributed by atoms with E-state index in [4.69, 9.17) is 16.3 Å². The van der Waals surface area contributed by atoms with E-state index in [0.29, 0.717) is 23.7 Å². The van der Waals surface area contributed by atoms with Gasteiger partial charge < -0.3 is 15.0 Å². The van der Waals surface area contributed by atoms with E-state index in [-0.39, 0.29) is 23.0 Å². The average Bonchev–Trinajstić information content (AvgIpc) is 2.92. The first-order valence-corrected chi connectivity index (χ1v) is 14.0. The van der Waals surface area contributed by atoms with E-state index in [2.05, 4.69) is 5.32 Å². The number of likely N-dealkylation sites (N-methyl/N-ethyl adjacent to an activating group) is 1. The van der Waals surface area contributed by atoms with Crippen LogP contribution in [0.15, 0.2) is 83.8 Å². The van der Waals surface area contributed by atoms with Crippen molar-refractivity contribution in [3.63, 3.8) is 0 Å². The van der Waals surface area contributed by atoms with E-state index in [1.54, 1.807) is 32.0 Å². The molecule has 1 N–H and O–H groups in total. The van der Waals surface area contributed by atoms with Crippen molar-refractivity contribution in [3.05, 3.63) is 89.4 Å². The molecule has 0 aromatic heterocycles. The summed E-state index contributed by atoms with van der Waals surface area (Å²) in [6.07, 6.45) is 0.499. The molecule has 3 rings (SSSR count). The maximum Gasteiger partial charge on any atom is 0.264 e. The summed E-state index contributed by atoms with van der Waals surface area (Å²) in [4.78, 5) is 27.9.